The maximum Gasteiger partial charge on any atom is 0.330 e. The average molecular weight is 308 g/mol. The molecule has 4 nitrogen and oxygen atoms in total. The first-order valence-electron chi connectivity index (χ1n) is 7.76. The molecular weight excluding hydrogens is 280 g/mol. The fraction of sp³-hybridized carbons (Fsp3) is 0.611. The second-order valence-corrected chi connectivity index (χ2v) is 6.22. The van der Waals surface area contributed by atoms with E-state index in [2.05, 4.69) is 13.0 Å². The minimum Gasteiger partial charge on any atom is -0.459 e. The van der Waals surface area contributed by atoms with Crippen molar-refractivity contribution < 1.29 is 19.4 Å². The number of methoxy groups -OCH3 is 1. The Morgan fingerprint density at radius 1 is 1.36 bits per heavy atom. The summed E-state index contributed by atoms with van der Waals surface area (Å²) in [4.78, 5) is 11.8. The molecule has 0 saturated carbocycles. The molecule has 0 aromatic rings. The van der Waals surface area contributed by atoms with Crippen LogP contribution in [0.1, 0.15) is 40.5 Å². The molecule has 0 aliphatic carbocycles. The third kappa shape index (κ3) is 6.16. The Hall–Kier alpha value is -1.39. The Morgan fingerprint density at radius 3 is 2.68 bits per heavy atom. The molecule has 4 atom stereocenters. The molecule has 0 fully saturated rings. The van der Waals surface area contributed by atoms with Crippen molar-refractivity contribution >= 4 is 5.97 Å². The summed E-state index contributed by atoms with van der Waals surface area (Å²) in [5.74, 6) is -0.165. The summed E-state index contributed by atoms with van der Waals surface area (Å²) in [6.45, 7) is 7.59. The van der Waals surface area contributed by atoms with Crippen molar-refractivity contribution in [3.8, 4) is 0 Å². The van der Waals surface area contributed by atoms with E-state index in [9.17, 15) is 9.90 Å². The highest BCUT2D eigenvalue weighted by atomic mass is 16.5. The molecule has 0 saturated heterocycles. The summed E-state index contributed by atoms with van der Waals surface area (Å²) >= 11 is 0. The maximum absolute atomic E-state index is 11.8. The Balaban J connectivity index is 3.04. The summed E-state index contributed by atoms with van der Waals surface area (Å²) in [7, 11) is 1.64. The molecular formula is C18H28O4. The van der Waals surface area contributed by atoms with Crippen molar-refractivity contribution in [1.82, 2.24) is 0 Å². The molecule has 0 spiro atoms. The predicted octanol–water partition coefficient (Wildman–Crippen LogP) is 3.17. The van der Waals surface area contributed by atoms with Gasteiger partial charge in [0.1, 0.15) is 6.10 Å². The molecule has 1 rings (SSSR count). The van der Waals surface area contributed by atoms with Gasteiger partial charge in [-0.25, -0.2) is 4.79 Å². The van der Waals surface area contributed by atoms with Gasteiger partial charge < -0.3 is 14.6 Å². The number of hydrogen-bond acceptors (Lipinski definition) is 4. The molecule has 0 aromatic heterocycles. The van der Waals surface area contributed by atoms with Gasteiger partial charge in [0, 0.05) is 13.2 Å². The summed E-state index contributed by atoms with van der Waals surface area (Å²) < 4.78 is 10.8. The van der Waals surface area contributed by atoms with E-state index in [1.165, 1.54) is 12.2 Å². The Bertz CT molecular complexity index is 460. The molecule has 1 aliphatic heterocycles. The van der Waals surface area contributed by atoms with Crippen LogP contribution >= 0.6 is 0 Å². The van der Waals surface area contributed by atoms with E-state index < -0.39 is 11.6 Å². The molecule has 0 radical (unpaired) electrons. The van der Waals surface area contributed by atoms with E-state index in [4.69, 9.17) is 9.47 Å². The molecule has 0 unspecified atom stereocenters. The van der Waals surface area contributed by atoms with Crippen LogP contribution in [0.25, 0.3) is 0 Å². The van der Waals surface area contributed by atoms with Crippen LogP contribution in [0, 0.1) is 5.92 Å². The number of esters is 1. The first-order valence-corrected chi connectivity index (χ1v) is 7.76. The number of rotatable bonds is 1. The quantitative estimate of drug-likeness (QED) is 0.597. The maximum atomic E-state index is 11.8. The van der Waals surface area contributed by atoms with Crippen LogP contribution in [0.5, 0.6) is 0 Å². The van der Waals surface area contributed by atoms with E-state index in [0.717, 1.165) is 18.4 Å². The van der Waals surface area contributed by atoms with Gasteiger partial charge in [0.25, 0.3) is 0 Å². The lowest BCUT2D eigenvalue weighted by atomic mass is 9.97. The highest BCUT2D eigenvalue weighted by Crippen LogP contribution is 2.19. The van der Waals surface area contributed by atoms with Crippen LogP contribution in [-0.4, -0.2) is 36.0 Å². The van der Waals surface area contributed by atoms with Gasteiger partial charge in [-0.2, -0.15) is 0 Å². The topological polar surface area (TPSA) is 55.8 Å². The molecule has 0 aromatic carbocycles. The normalized spacial score (nSPS) is 40.0. The van der Waals surface area contributed by atoms with E-state index in [0.29, 0.717) is 0 Å². The van der Waals surface area contributed by atoms with Crippen LogP contribution in [0.4, 0.5) is 0 Å². The largest absolute Gasteiger partial charge is 0.459 e. The monoisotopic (exact) mass is 308 g/mol. The van der Waals surface area contributed by atoms with Crippen LogP contribution in [0.2, 0.25) is 0 Å². The predicted molar refractivity (Wildman–Crippen MR) is 87.4 cm³/mol. The van der Waals surface area contributed by atoms with E-state index in [-0.39, 0.29) is 18.1 Å². The van der Waals surface area contributed by atoms with Crippen LogP contribution < -0.4 is 0 Å². The molecule has 124 valence electrons. The van der Waals surface area contributed by atoms with Gasteiger partial charge in [-0.1, -0.05) is 25.2 Å². The zero-order valence-corrected chi connectivity index (χ0v) is 14.2. The summed E-state index contributed by atoms with van der Waals surface area (Å²) in [5, 5.41) is 10.3. The molecule has 1 heterocycles. The number of carbonyl (C=O) groups is 1. The Kier molecular flexibility index (Phi) is 7.04. The Morgan fingerprint density at radius 2 is 2.05 bits per heavy atom. The van der Waals surface area contributed by atoms with Gasteiger partial charge in [0.05, 0.1) is 11.7 Å². The second-order valence-electron chi connectivity index (χ2n) is 6.22. The number of aliphatic hydroxyl groups is 1. The van der Waals surface area contributed by atoms with Crippen molar-refractivity contribution in [2.45, 2.75) is 58.3 Å². The lowest BCUT2D eigenvalue weighted by molar-refractivity contribution is -0.144. The number of ether oxygens (including phenoxy) is 2. The summed E-state index contributed by atoms with van der Waals surface area (Å²) in [6, 6.07) is 0. The van der Waals surface area contributed by atoms with Crippen LogP contribution in [0.3, 0.4) is 0 Å². The molecule has 22 heavy (non-hydrogen) atoms. The van der Waals surface area contributed by atoms with E-state index in [1.54, 1.807) is 26.2 Å². The standard InChI is InChI=1S/C18H28O4/c1-13-7-6-8-14(2)16(21-5)9-11-18(4,20)12-10-17(19)22-15(13)3/h8-13,15-16,20H,6-7H2,1-5H3/b11-9+,12-10+,14-8+/t13-,15-,16-,18+/m0/s1. The van der Waals surface area contributed by atoms with Gasteiger partial charge >= 0.3 is 5.97 Å². The number of carbonyl (C=O) groups excluding carboxylic acids is 1. The van der Waals surface area contributed by atoms with Gasteiger partial charge in [-0.05, 0) is 51.2 Å². The van der Waals surface area contributed by atoms with Crippen molar-refractivity contribution in [1.29, 1.82) is 0 Å². The fourth-order valence-electron chi connectivity index (χ4n) is 2.25. The van der Waals surface area contributed by atoms with Crippen LogP contribution in [0.15, 0.2) is 36.0 Å². The molecule has 4 heteroatoms. The van der Waals surface area contributed by atoms with Gasteiger partial charge in [0.2, 0.25) is 0 Å². The number of allylic oxidation sites excluding steroid dienone is 1. The summed E-state index contributed by atoms with van der Waals surface area (Å²) in [5.41, 5.74) is -0.123. The lowest BCUT2D eigenvalue weighted by Gasteiger charge is -2.21. The van der Waals surface area contributed by atoms with Gasteiger partial charge in [-0.3, -0.25) is 0 Å². The number of cyclic esters (lactones) is 1. The minimum absolute atomic E-state index is 0.160. The smallest absolute Gasteiger partial charge is 0.330 e. The first-order chi connectivity index (χ1) is 10.2. The molecule has 1 aliphatic rings. The van der Waals surface area contributed by atoms with Crippen molar-refractivity contribution in [3.63, 3.8) is 0 Å². The average Bonchev–Trinajstić information content (AvgIpc) is 2.44. The molecule has 0 bridgehead atoms. The molecule has 0 amide bonds. The van der Waals surface area contributed by atoms with Crippen molar-refractivity contribution in [2.75, 3.05) is 7.11 Å². The van der Waals surface area contributed by atoms with E-state index >= 15 is 0 Å². The van der Waals surface area contributed by atoms with Crippen molar-refractivity contribution in [2.24, 2.45) is 5.92 Å². The zero-order valence-electron chi connectivity index (χ0n) is 14.2. The zero-order chi connectivity index (χ0) is 16.8. The van der Waals surface area contributed by atoms with Gasteiger partial charge in [-0.15, -0.1) is 0 Å². The third-order valence-electron chi connectivity index (χ3n) is 4.06. The van der Waals surface area contributed by atoms with E-state index in [1.807, 2.05) is 13.8 Å². The lowest BCUT2D eigenvalue weighted by Crippen LogP contribution is -2.23. The highest BCUT2D eigenvalue weighted by Gasteiger charge is 2.18. The summed E-state index contributed by atoms with van der Waals surface area (Å²) in [6.07, 6.45) is 9.78. The minimum atomic E-state index is -1.23. The first kappa shape index (κ1) is 18.7. The van der Waals surface area contributed by atoms with Gasteiger partial charge in [0.15, 0.2) is 0 Å². The van der Waals surface area contributed by atoms with Crippen LogP contribution in [-0.2, 0) is 14.3 Å². The fourth-order valence-corrected chi connectivity index (χ4v) is 2.25. The van der Waals surface area contributed by atoms with Crippen molar-refractivity contribution in [3.05, 3.63) is 36.0 Å². The molecule has 1 N–H and O–H groups in total. The highest BCUT2D eigenvalue weighted by molar-refractivity contribution is 5.82. The second kappa shape index (κ2) is 8.30. The number of hydrogen-bond donors (Lipinski definition) is 1. The SMILES string of the molecule is CO[C@H]1/C=C/[C@@](C)(O)/C=C/C(=O)O[C@@H](C)[C@@H](C)CC/C=C/1C. The Labute approximate surface area is 133 Å². The third-order valence-corrected chi connectivity index (χ3v) is 4.06.